The second-order valence-electron chi connectivity index (χ2n) is 7.05. The van der Waals surface area contributed by atoms with Crippen LogP contribution in [-0.4, -0.2) is 36.9 Å². The van der Waals surface area contributed by atoms with Gasteiger partial charge in [0.05, 0.1) is 12.4 Å². The summed E-state index contributed by atoms with van der Waals surface area (Å²) in [5.74, 6) is 1.27. The summed E-state index contributed by atoms with van der Waals surface area (Å²) in [6, 6.07) is 0. The number of rotatable bonds is 16. The number of nitrogens with two attached hydrogens (primary N) is 1. The van der Waals surface area contributed by atoms with E-state index in [1.54, 1.807) is 0 Å². The molecule has 0 saturated heterocycles. The van der Waals surface area contributed by atoms with E-state index in [0.717, 1.165) is 39.0 Å². The van der Waals surface area contributed by atoms with Gasteiger partial charge in [0.2, 0.25) is 0 Å². The first-order chi connectivity index (χ1) is 11.9. The fraction of sp³-hybridized carbons (Fsp3) is 0.857. The minimum atomic E-state index is 0.730. The van der Waals surface area contributed by atoms with Crippen LogP contribution in [0.4, 0.5) is 0 Å². The molecule has 0 bridgehead atoms. The summed E-state index contributed by atoms with van der Waals surface area (Å²) in [6.45, 7) is 6.00. The van der Waals surface area contributed by atoms with Crippen molar-refractivity contribution in [1.29, 1.82) is 0 Å². The van der Waals surface area contributed by atoms with Crippen LogP contribution in [0, 0.1) is 0 Å². The number of unbranched alkanes of at least 4 members (excludes halogenated alkanes) is 10. The van der Waals surface area contributed by atoms with E-state index in [1.807, 2.05) is 0 Å². The van der Waals surface area contributed by atoms with Crippen molar-refractivity contribution in [3.63, 3.8) is 0 Å². The van der Waals surface area contributed by atoms with Crippen molar-refractivity contribution >= 4 is 5.84 Å². The van der Waals surface area contributed by atoms with Crippen molar-refractivity contribution in [2.24, 2.45) is 10.7 Å². The third kappa shape index (κ3) is 10.9. The maximum atomic E-state index is 5.64. The summed E-state index contributed by atoms with van der Waals surface area (Å²) in [6.07, 6.45) is 22.3. The van der Waals surface area contributed by atoms with Crippen LogP contribution in [0.15, 0.2) is 17.1 Å². The zero-order chi connectivity index (χ0) is 17.3. The van der Waals surface area contributed by atoms with E-state index in [9.17, 15) is 0 Å². The highest BCUT2D eigenvalue weighted by atomic mass is 15.2. The van der Waals surface area contributed by atoms with Gasteiger partial charge in [-0.3, -0.25) is 4.99 Å². The third-order valence-electron chi connectivity index (χ3n) is 4.85. The Hall–Kier alpha value is -0.830. The fourth-order valence-electron chi connectivity index (χ4n) is 3.36. The standard InChI is InChI=1S/C21H41N3/c1-2-3-4-5-6-7-8-9-10-11-12-13-14-15-16-21-23-18-20-24(21)19-17-22/h13-14H,2-12,15-20,22H2,1H3/b14-13+. The largest absolute Gasteiger partial charge is 0.357 e. The van der Waals surface area contributed by atoms with E-state index >= 15 is 0 Å². The quantitative estimate of drug-likeness (QED) is 0.307. The third-order valence-corrected chi connectivity index (χ3v) is 4.85. The van der Waals surface area contributed by atoms with Gasteiger partial charge in [0, 0.05) is 26.1 Å². The number of amidine groups is 1. The van der Waals surface area contributed by atoms with Gasteiger partial charge in [-0.15, -0.1) is 0 Å². The second-order valence-corrected chi connectivity index (χ2v) is 7.05. The van der Waals surface area contributed by atoms with Gasteiger partial charge in [0.1, 0.15) is 0 Å². The van der Waals surface area contributed by atoms with E-state index in [1.165, 1.54) is 76.5 Å². The lowest BCUT2D eigenvalue weighted by Gasteiger charge is -2.18. The molecule has 0 radical (unpaired) electrons. The molecule has 1 aliphatic rings. The average molecular weight is 336 g/mol. The summed E-state index contributed by atoms with van der Waals surface area (Å²) >= 11 is 0. The summed E-state index contributed by atoms with van der Waals surface area (Å²) in [4.78, 5) is 6.93. The number of aliphatic imine (C=N–C) groups is 1. The average Bonchev–Trinajstić information content (AvgIpc) is 3.03. The maximum Gasteiger partial charge on any atom is 0.0993 e. The van der Waals surface area contributed by atoms with Crippen LogP contribution in [0.25, 0.3) is 0 Å². The van der Waals surface area contributed by atoms with Gasteiger partial charge in [-0.05, 0) is 19.3 Å². The molecule has 1 aliphatic heterocycles. The smallest absolute Gasteiger partial charge is 0.0993 e. The van der Waals surface area contributed by atoms with Crippen molar-refractivity contribution in [3.8, 4) is 0 Å². The molecule has 0 atom stereocenters. The Balaban J connectivity index is 1.85. The van der Waals surface area contributed by atoms with E-state index in [2.05, 4.69) is 29.0 Å². The molecule has 0 saturated carbocycles. The first-order valence-electron chi connectivity index (χ1n) is 10.5. The van der Waals surface area contributed by atoms with Crippen LogP contribution >= 0.6 is 0 Å². The molecule has 0 aromatic carbocycles. The Bertz CT molecular complexity index is 336. The lowest BCUT2D eigenvalue weighted by atomic mass is 10.1. The van der Waals surface area contributed by atoms with Gasteiger partial charge >= 0.3 is 0 Å². The molecular formula is C21H41N3. The van der Waals surface area contributed by atoms with E-state index in [0.29, 0.717) is 0 Å². The van der Waals surface area contributed by atoms with Crippen LogP contribution in [0.2, 0.25) is 0 Å². The normalized spacial score (nSPS) is 14.8. The fourth-order valence-corrected chi connectivity index (χ4v) is 3.36. The molecule has 2 N–H and O–H groups in total. The van der Waals surface area contributed by atoms with Crippen LogP contribution in [0.5, 0.6) is 0 Å². The van der Waals surface area contributed by atoms with Gasteiger partial charge in [-0.25, -0.2) is 0 Å². The predicted octanol–water partition coefficient (Wildman–Crippen LogP) is 5.31. The van der Waals surface area contributed by atoms with Crippen LogP contribution in [-0.2, 0) is 0 Å². The van der Waals surface area contributed by atoms with Crippen molar-refractivity contribution in [2.75, 3.05) is 26.2 Å². The Morgan fingerprint density at radius 3 is 2.21 bits per heavy atom. The Morgan fingerprint density at radius 2 is 1.54 bits per heavy atom. The van der Waals surface area contributed by atoms with Gasteiger partial charge in [-0.1, -0.05) is 76.9 Å². The molecule has 0 fully saturated rings. The number of hydrogen-bond donors (Lipinski definition) is 1. The SMILES string of the molecule is CCCCCCCCCCCC/C=C/CCC1=NCCN1CCN. The molecule has 1 heterocycles. The molecule has 0 aromatic heterocycles. The maximum absolute atomic E-state index is 5.64. The van der Waals surface area contributed by atoms with Gasteiger partial charge in [-0.2, -0.15) is 0 Å². The van der Waals surface area contributed by atoms with E-state index in [4.69, 9.17) is 5.73 Å². The molecule has 0 aliphatic carbocycles. The van der Waals surface area contributed by atoms with Crippen molar-refractivity contribution < 1.29 is 0 Å². The predicted molar refractivity (Wildman–Crippen MR) is 108 cm³/mol. The van der Waals surface area contributed by atoms with Crippen molar-refractivity contribution in [3.05, 3.63) is 12.2 Å². The van der Waals surface area contributed by atoms with Crippen molar-refractivity contribution in [2.45, 2.75) is 90.4 Å². The molecule has 0 aromatic rings. The van der Waals surface area contributed by atoms with Crippen LogP contribution < -0.4 is 5.73 Å². The van der Waals surface area contributed by atoms with E-state index in [-0.39, 0.29) is 0 Å². The number of nitrogens with zero attached hydrogens (tertiary/aromatic N) is 2. The first-order valence-corrected chi connectivity index (χ1v) is 10.5. The summed E-state index contributed by atoms with van der Waals surface area (Å²) in [5, 5.41) is 0. The summed E-state index contributed by atoms with van der Waals surface area (Å²) in [5.41, 5.74) is 5.64. The molecule has 140 valence electrons. The number of hydrogen-bond acceptors (Lipinski definition) is 3. The van der Waals surface area contributed by atoms with Crippen LogP contribution in [0.3, 0.4) is 0 Å². The van der Waals surface area contributed by atoms with E-state index < -0.39 is 0 Å². The summed E-state index contributed by atoms with van der Waals surface area (Å²) < 4.78 is 0. The molecule has 3 nitrogen and oxygen atoms in total. The molecule has 3 heteroatoms. The molecule has 0 unspecified atom stereocenters. The molecule has 0 amide bonds. The zero-order valence-corrected chi connectivity index (χ0v) is 16.1. The highest BCUT2D eigenvalue weighted by molar-refractivity contribution is 5.83. The molecule has 1 rings (SSSR count). The highest BCUT2D eigenvalue weighted by Crippen LogP contribution is 2.12. The lowest BCUT2D eigenvalue weighted by molar-refractivity contribution is 0.459. The van der Waals surface area contributed by atoms with Gasteiger partial charge < -0.3 is 10.6 Å². The van der Waals surface area contributed by atoms with Gasteiger partial charge in [0.25, 0.3) is 0 Å². The Kier molecular flexibility index (Phi) is 13.9. The zero-order valence-electron chi connectivity index (χ0n) is 16.1. The lowest BCUT2D eigenvalue weighted by Crippen LogP contribution is -2.32. The molecule has 24 heavy (non-hydrogen) atoms. The topological polar surface area (TPSA) is 41.6 Å². The first kappa shape index (κ1) is 21.2. The van der Waals surface area contributed by atoms with Crippen molar-refractivity contribution in [1.82, 2.24) is 4.90 Å². The number of allylic oxidation sites excluding steroid dienone is 2. The molecule has 0 spiro atoms. The minimum Gasteiger partial charge on any atom is -0.357 e. The summed E-state index contributed by atoms with van der Waals surface area (Å²) in [7, 11) is 0. The van der Waals surface area contributed by atoms with Gasteiger partial charge in [0.15, 0.2) is 0 Å². The Morgan fingerprint density at radius 1 is 0.917 bits per heavy atom. The highest BCUT2D eigenvalue weighted by Gasteiger charge is 2.14. The van der Waals surface area contributed by atoms with Crippen LogP contribution in [0.1, 0.15) is 90.4 Å². The second kappa shape index (κ2) is 15.7. The minimum absolute atomic E-state index is 0.730. The molecular weight excluding hydrogens is 294 g/mol. The Labute approximate surface area is 150 Å². The monoisotopic (exact) mass is 335 g/mol.